The molecule has 1 unspecified atom stereocenters. The van der Waals surface area contributed by atoms with Crippen LogP contribution in [0.5, 0.6) is 5.75 Å². The van der Waals surface area contributed by atoms with Gasteiger partial charge in [-0.1, -0.05) is 0 Å². The number of hydrogen-bond donors (Lipinski definition) is 2. The summed E-state index contributed by atoms with van der Waals surface area (Å²) in [6.07, 6.45) is 0. The van der Waals surface area contributed by atoms with E-state index in [1.807, 2.05) is 6.92 Å². The van der Waals surface area contributed by atoms with Gasteiger partial charge in [-0.15, -0.1) is 0 Å². The normalized spacial score (nSPS) is 13.2. The smallest absolute Gasteiger partial charge is 0.328 e. The second-order valence-electron chi connectivity index (χ2n) is 4.10. The first-order valence-corrected chi connectivity index (χ1v) is 5.14. The van der Waals surface area contributed by atoms with Crippen LogP contribution in [0.4, 0.5) is 0 Å². The number of imidazole rings is 1. The van der Waals surface area contributed by atoms with Crippen LogP contribution in [0, 0.1) is 0 Å². The van der Waals surface area contributed by atoms with Gasteiger partial charge in [-0.05, 0) is 19.1 Å². The van der Waals surface area contributed by atoms with Crippen LogP contribution in [0.2, 0.25) is 0 Å². The number of rotatable bonds is 2. The van der Waals surface area contributed by atoms with Crippen molar-refractivity contribution >= 4 is 11.0 Å². The lowest BCUT2D eigenvalue weighted by Crippen LogP contribution is -2.30. The molecule has 1 atom stereocenters. The van der Waals surface area contributed by atoms with Crippen LogP contribution in [0.15, 0.2) is 23.0 Å². The third-order valence-electron chi connectivity index (χ3n) is 2.60. The van der Waals surface area contributed by atoms with E-state index in [4.69, 9.17) is 5.73 Å². The summed E-state index contributed by atoms with van der Waals surface area (Å²) in [6, 6.07) is 4.77. The van der Waals surface area contributed by atoms with Crippen molar-refractivity contribution in [3.8, 4) is 5.75 Å². The molecule has 16 heavy (non-hydrogen) atoms. The maximum Gasteiger partial charge on any atom is 0.328 e. The van der Waals surface area contributed by atoms with Gasteiger partial charge >= 0.3 is 5.69 Å². The number of nitrogens with zero attached hydrogens (tertiary/aromatic N) is 2. The van der Waals surface area contributed by atoms with E-state index < -0.39 is 0 Å². The van der Waals surface area contributed by atoms with Crippen molar-refractivity contribution < 1.29 is 5.11 Å². The Hall–Kier alpha value is -1.75. The summed E-state index contributed by atoms with van der Waals surface area (Å²) < 4.78 is 3.14. The largest absolute Gasteiger partial charge is 0.508 e. The maximum atomic E-state index is 11.9. The minimum absolute atomic E-state index is 0.106. The van der Waals surface area contributed by atoms with Crippen LogP contribution in [0.3, 0.4) is 0 Å². The fraction of sp³-hybridized carbons (Fsp3) is 0.364. The molecule has 0 bridgehead atoms. The van der Waals surface area contributed by atoms with Crippen molar-refractivity contribution in [2.75, 3.05) is 0 Å². The standard InChI is InChI=1S/C11H15N3O2/c1-7(12)6-14-10-5-8(15)3-4-9(10)13(2)11(14)16/h3-5,7,15H,6,12H2,1-2H3. The van der Waals surface area contributed by atoms with Crippen molar-refractivity contribution in [1.82, 2.24) is 9.13 Å². The lowest BCUT2D eigenvalue weighted by Gasteiger charge is -2.06. The zero-order chi connectivity index (χ0) is 11.9. The monoisotopic (exact) mass is 221 g/mol. The Morgan fingerprint density at radius 1 is 1.44 bits per heavy atom. The lowest BCUT2D eigenvalue weighted by molar-refractivity contribution is 0.475. The summed E-state index contributed by atoms with van der Waals surface area (Å²) >= 11 is 0. The summed E-state index contributed by atoms with van der Waals surface area (Å²) in [5.74, 6) is 0.150. The summed E-state index contributed by atoms with van der Waals surface area (Å²) in [5.41, 5.74) is 7.09. The average molecular weight is 221 g/mol. The molecule has 0 radical (unpaired) electrons. The number of phenols is 1. The number of aromatic hydroxyl groups is 1. The van der Waals surface area contributed by atoms with Gasteiger partial charge < -0.3 is 10.8 Å². The third-order valence-corrected chi connectivity index (χ3v) is 2.60. The molecule has 0 aliphatic rings. The van der Waals surface area contributed by atoms with E-state index in [1.165, 1.54) is 0 Å². The lowest BCUT2D eigenvalue weighted by atomic mass is 10.3. The number of aromatic nitrogens is 2. The molecule has 1 aromatic carbocycles. The fourth-order valence-corrected chi connectivity index (χ4v) is 1.86. The molecule has 0 aliphatic carbocycles. The van der Waals surface area contributed by atoms with Crippen molar-refractivity contribution in [3.63, 3.8) is 0 Å². The van der Waals surface area contributed by atoms with E-state index in [1.54, 1.807) is 34.4 Å². The van der Waals surface area contributed by atoms with Gasteiger partial charge in [-0.25, -0.2) is 4.79 Å². The van der Waals surface area contributed by atoms with Gasteiger partial charge in [0.2, 0.25) is 0 Å². The first kappa shape index (κ1) is 10.8. The number of fused-ring (bicyclic) bond motifs is 1. The number of phenolic OH excluding ortho intramolecular Hbond substituents is 1. The van der Waals surface area contributed by atoms with E-state index >= 15 is 0 Å². The van der Waals surface area contributed by atoms with Gasteiger partial charge in [0.15, 0.2) is 0 Å². The summed E-state index contributed by atoms with van der Waals surface area (Å²) in [6.45, 7) is 2.29. The molecule has 5 heteroatoms. The van der Waals surface area contributed by atoms with Gasteiger partial charge in [0, 0.05) is 25.7 Å². The zero-order valence-electron chi connectivity index (χ0n) is 9.34. The van der Waals surface area contributed by atoms with E-state index in [0.717, 1.165) is 5.52 Å². The van der Waals surface area contributed by atoms with Gasteiger partial charge in [-0.2, -0.15) is 0 Å². The number of nitrogens with two attached hydrogens (primary N) is 1. The molecule has 0 saturated heterocycles. The first-order chi connectivity index (χ1) is 7.50. The zero-order valence-corrected chi connectivity index (χ0v) is 9.34. The highest BCUT2D eigenvalue weighted by Crippen LogP contribution is 2.18. The van der Waals surface area contributed by atoms with Crippen LogP contribution in [0.1, 0.15) is 6.92 Å². The topological polar surface area (TPSA) is 73.2 Å². The maximum absolute atomic E-state index is 11.9. The molecule has 1 aromatic heterocycles. The molecule has 5 nitrogen and oxygen atoms in total. The van der Waals surface area contributed by atoms with Crippen LogP contribution in [-0.4, -0.2) is 20.3 Å². The highest BCUT2D eigenvalue weighted by molar-refractivity contribution is 5.77. The van der Waals surface area contributed by atoms with Crippen LogP contribution in [0.25, 0.3) is 11.0 Å². The fourth-order valence-electron chi connectivity index (χ4n) is 1.86. The quantitative estimate of drug-likeness (QED) is 0.770. The molecule has 2 rings (SSSR count). The minimum atomic E-state index is -0.113. The molecule has 0 aliphatic heterocycles. The Balaban J connectivity index is 2.75. The Labute approximate surface area is 92.7 Å². The van der Waals surface area contributed by atoms with Crippen LogP contribution >= 0.6 is 0 Å². The minimum Gasteiger partial charge on any atom is -0.508 e. The third kappa shape index (κ3) is 1.59. The van der Waals surface area contributed by atoms with Crippen molar-refractivity contribution in [2.24, 2.45) is 12.8 Å². The summed E-state index contributed by atoms with van der Waals surface area (Å²) in [7, 11) is 1.71. The molecule has 2 aromatic rings. The Bertz CT molecular complexity index is 581. The second kappa shape index (κ2) is 3.68. The number of benzene rings is 1. The van der Waals surface area contributed by atoms with Crippen LogP contribution in [-0.2, 0) is 13.6 Å². The van der Waals surface area contributed by atoms with E-state index in [9.17, 15) is 9.90 Å². The number of aryl methyl sites for hydroxylation is 1. The molecule has 0 spiro atoms. The Kier molecular flexibility index (Phi) is 2.47. The Morgan fingerprint density at radius 2 is 2.12 bits per heavy atom. The molecule has 3 N–H and O–H groups in total. The highest BCUT2D eigenvalue weighted by atomic mass is 16.3. The SMILES string of the molecule is CC(N)Cn1c(=O)n(C)c2ccc(O)cc21. The average Bonchev–Trinajstić information content (AvgIpc) is 2.43. The number of hydrogen-bond acceptors (Lipinski definition) is 3. The molecular formula is C11H15N3O2. The molecule has 0 fully saturated rings. The van der Waals surface area contributed by atoms with Crippen molar-refractivity contribution in [1.29, 1.82) is 0 Å². The van der Waals surface area contributed by atoms with Gasteiger partial charge in [-0.3, -0.25) is 9.13 Å². The molecule has 1 heterocycles. The first-order valence-electron chi connectivity index (χ1n) is 5.14. The highest BCUT2D eigenvalue weighted by Gasteiger charge is 2.11. The van der Waals surface area contributed by atoms with E-state index in [-0.39, 0.29) is 17.5 Å². The van der Waals surface area contributed by atoms with Gasteiger partial charge in [0.25, 0.3) is 0 Å². The van der Waals surface area contributed by atoms with Gasteiger partial charge in [0.1, 0.15) is 5.75 Å². The van der Waals surface area contributed by atoms with E-state index in [2.05, 4.69) is 0 Å². The molecular weight excluding hydrogens is 206 g/mol. The molecule has 0 saturated carbocycles. The van der Waals surface area contributed by atoms with Crippen molar-refractivity contribution in [2.45, 2.75) is 19.5 Å². The predicted octanol–water partition coefficient (Wildman–Crippen LogP) is 0.393. The summed E-state index contributed by atoms with van der Waals surface area (Å²) in [4.78, 5) is 11.9. The molecule has 0 amide bonds. The predicted molar refractivity (Wildman–Crippen MR) is 62.5 cm³/mol. The second-order valence-corrected chi connectivity index (χ2v) is 4.10. The van der Waals surface area contributed by atoms with Crippen molar-refractivity contribution in [3.05, 3.63) is 28.7 Å². The molecule has 86 valence electrons. The van der Waals surface area contributed by atoms with Gasteiger partial charge in [0.05, 0.1) is 11.0 Å². The van der Waals surface area contributed by atoms with E-state index in [0.29, 0.717) is 12.1 Å². The van der Waals surface area contributed by atoms with Crippen LogP contribution < -0.4 is 11.4 Å². The Morgan fingerprint density at radius 3 is 2.75 bits per heavy atom. The summed E-state index contributed by atoms with van der Waals surface area (Å²) in [5, 5.41) is 9.43.